The number of hydrogen-bond donors (Lipinski definition) is 0. The number of ether oxygens (including phenoxy) is 1. The van der Waals surface area contributed by atoms with E-state index in [0.29, 0.717) is 18.2 Å². The summed E-state index contributed by atoms with van der Waals surface area (Å²) in [5.74, 6) is -13.6. The van der Waals surface area contributed by atoms with Crippen molar-refractivity contribution in [1.29, 1.82) is 0 Å². The van der Waals surface area contributed by atoms with Crippen LogP contribution in [0.2, 0.25) is 0 Å². The van der Waals surface area contributed by atoms with Gasteiger partial charge in [-0.2, -0.15) is 22.0 Å². The highest BCUT2D eigenvalue weighted by molar-refractivity contribution is 5.67. The van der Waals surface area contributed by atoms with E-state index in [2.05, 4.69) is 6.58 Å². The monoisotopic (exact) mass is 332 g/mol. The molecule has 1 aromatic rings. The Morgan fingerprint density at radius 1 is 1.14 bits per heavy atom. The van der Waals surface area contributed by atoms with Gasteiger partial charge in [0.1, 0.15) is 18.2 Å². The third-order valence-electron chi connectivity index (χ3n) is 2.36. The summed E-state index contributed by atoms with van der Waals surface area (Å²) in [5, 5.41) is 0. The summed E-state index contributed by atoms with van der Waals surface area (Å²) >= 11 is 0. The van der Waals surface area contributed by atoms with Gasteiger partial charge >= 0.3 is 12.1 Å². The normalized spacial score (nSPS) is 13.6. The Morgan fingerprint density at radius 2 is 1.73 bits per heavy atom. The molecule has 0 amide bonds. The van der Waals surface area contributed by atoms with Gasteiger partial charge in [-0.1, -0.05) is 12.7 Å². The lowest BCUT2D eigenvalue weighted by Gasteiger charge is -2.18. The highest BCUT2D eigenvalue weighted by atomic mass is 19.4. The molecule has 0 bridgehead atoms. The van der Waals surface area contributed by atoms with Gasteiger partial charge in [0, 0.05) is 6.07 Å². The fourth-order valence-electron chi connectivity index (χ4n) is 1.33. The van der Waals surface area contributed by atoms with E-state index in [4.69, 9.17) is 4.74 Å². The van der Waals surface area contributed by atoms with E-state index in [9.17, 15) is 35.1 Å². The molecule has 0 aliphatic carbocycles. The Balaban J connectivity index is 3.40. The SMILES string of the molecule is C=CCOc1cc(F)ccc1/C(F)=C(\F)C(F)(F)C(F)(F)F. The molecule has 0 saturated carbocycles. The van der Waals surface area contributed by atoms with E-state index in [-0.39, 0.29) is 6.61 Å². The first kappa shape index (κ1) is 18.0. The topological polar surface area (TPSA) is 9.23 Å². The molecule has 0 fully saturated rings. The van der Waals surface area contributed by atoms with Gasteiger partial charge < -0.3 is 4.74 Å². The second-order valence-electron chi connectivity index (χ2n) is 3.94. The molecule has 122 valence electrons. The van der Waals surface area contributed by atoms with Crippen LogP contribution in [0, 0.1) is 5.82 Å². The minimum atomic E-state index is -6.32. The fourth-order valence-corrected chi connectivity index (χ4v) is 1.33. The predicted octanol–water partition coefficient (Wildman–Crippen LogP) is 5.20. The zero-order valence-corrected chi connectivity index (χ0v) is 10.7. The van der Waals surface area contributed by atoms with Gasteiger partial charge in [0.05, 0.1) is 5.56 Å². The highest BCUT2D eigenvalue weighted by Gasteiger charge is 2.62. The summed E-state index contributed by atoms with van der Waals surface area (Å²) in [5.41, 5.74) is -1.08. The molecule has 0 atom stereocenters. The summed E-state index contributed by atoms with van der Waals surface area (Å²) in [6.07, 6.45) is -5.20. The van der Waals surface area contributed by atoms with Gasteiger partial charge in [0.25, 0.3) is 0 Å². The molecule has 0 N–H and O–H groups in total. The molecule has 0 spiro atoms. The molecule has 0 heterocycles. The molecule has 22 heavy (non-hydrogen) atoms. The average Bonchev–Trinajstić information content (AvgIpc) is 2.42. The molecule has 0 aliphatic rings. The molecule has 0 radical (unpaired) electrons. The summed E-state index contributed by atoms with van der Waals surface area (Å²) in [6.45, 7) is 2.88. The Morgan fingerprint density at radius 3 is 2.23 bits per heavy atom. The Labute approximate surface area is 119 Å². The van der Waals surface area contributed by atoms with E-state index in [0.717, 1.165) is 6.08 Å². The predicted molar refractivity (Wildman–Crippen MR) is 62.2 cm³/mol. The summed E-state index contributed by atoms with van der Waals surface area (Å²) in [4.78, 5) is 0. The zero-order chi connectivity index (χ0) is 17.1. The van der Waals surface area contributed by atoms with Crippen molar-refractivity contribution in [3.05, 3.63) is 48.1 Å². The van der Waals surface area contributed by atoms with Crippen LogP contribution in [0.5, 0.6) is 5.75 Å². The smallest absolute Gasteiger partial charge is 0.460 e. The Kier molecular flexibility index (Phi) is 5.21. The van der Waals surface area contributed by atoms with Crippen molar-refractivity contribution in [3.63, 3.8) is 0 Å². The van der Waals surface area contributed by atoms with Gasteiger partial charge in [-0.3, -0.25) is 0 Å². The average molecular weight is 332 g/mol. The maximum atomic E-state index is 13.7. The van der Waals surface area contributed by atoms with Crippen molar-refractivity contribution in [3.8, 4) is 5.75 Å². The van der Waals surface area contributed by atoms with Crippen LogP contribution in [0.15, 0.2) is 36.7 Å². The molecule has 0 aromatic heterocycles. The first-order valence-corrected chi connectivity index (χ1v) is 5.56. The van der Waals surface area contributed by atoms with Gasteiger partial charge in [-0.25, -0.2) is 13.2 Å². The third kappa shape index (κ3) is 3.58. The van der Waals surface area contributed by atoms with E-state index in [1.54, 1.807) is 0 Å². The summed E-state index contributed by atoms with van der Waals surface area (Å²) in [6, 6.07) is 1.54. The van der Waals surface area contributed by atoms with Crippen molar-refractivity contribution in [1.82, 2.24) is 0 Å². The Hall–Kier alpha value is -2.06. The van der Waals surface area contributed by atoms with Gasteiger partial charge in [0.2, 0.25) is 5.83 Å². The van der Waals surface area contributed by atoms with Crippen molar-refractivity contribution >= 4 is 5.83 Å². The quantitative estimate of drug-likeness (QED) is 0.532. The summed E-state index contributed by atoms with van der Waals surface area (Å²) < 4.78 is 106. The van der Waals surface area contributed by atoms with Crippen LogP contribution in [0.1, 0.15) is 5.56 Å². The first-order chi connectivity index (χ1) is 10.0. The van der Waals surface area contributed by atoms with Crippen molar-refractivity contribution in [2.45, 2.75) is 12.1 Å². The highest BCUT2D eigenvalue weighted by Crippen LogP contribution is 2.45. The van der Waals surface area contributed by atoms with Crippen LogP contribution in [0.4, 0.5) is 35.1 Å². The second-order valence-corrected chi connectivity index (χ2v) is 3.94. The molecular weight excluding hydrogens is 324 g/mol. The maximum Gasteiger partial charge on any atom is 0.460 e. The zero-order valence-electron chi connectivity index (χ0n) is 10.7. The van der Waals surface area contributed by atoms with Gasteiger partial charge in [0.15, 0.2) is 5.83 Å². The van der Waals surface area contributed by atoms with Crippen molar-refractivity contribution in [2.75, 3.05) is 6.61 Å². The Bertz CT molecular complexity index is 588. The van der Waals surface area contributed by atoms with Gasteiger partial charge in [-0.15, -0.1) is 0 Å². The molecule has 0 aliphatic heterocycles. The molecule has 0 unspecified atom stereocenters. The summed E-state index contributed by atoms with van der Waals surface area (Å²) in [7, 11) is 0. The number of hydrogen-bond acceptors (Lipinski definition) is 1. The first-order valence-electron chi connectivity index (χ1n) is 5.56. The minimum Gasteiger partial charge on any atom is -0.489 e. The van der Waals surface area contributed by atoms with Crippen LogP contribution in [0.25, 0.3) is 5.83 Å². The van der Waals surface area contributed by atoms with Crippen LogP contribution < -0.4 is 4.74 Å². The molecule has 1 nitrogen and oxygen atoms in total. The van der Waals surface area contributed by atoms with E-state index >= 15 is 0 Å². The molecule has 9 heteroatoms. The standard InChI is InChI=1S/C13H8F8O/c1-2-5-22-9-6-7(14)3-4-8(9)10(15)11(16)12(17,18)13(19,20)21/h2-4,6H,1,5H2/b11-10+. The van der Waals surface area contributed by atoms with Gasteiger partial charge in [-0.05, 0) is 12.1 Å². The van der Waals surface area contributed by atoms with E-state index in [1.165, 1.54) is 0 Å². The molecule has 1 aromatic carbocycles. The lowest BCUT2D eigenvalue weighted by atomic mass is 10.1. The van der Waals surface area contributed by atoms with Crippen molar-refractivity contribution < 1.29 is 39.9 Å². The molecule has 1 rings (SSSR count). The van der Waals surface area contributed by atoms with Crippen LogP contribution in [-0.2, 0) is 0 Å². The fraction of sp³-hybridized carbons (Fsp3) is 0.231. The minimum absolute atomic E-state index is 0.332. The van der Waals surface area contributed by atoms with Crippen LogP contribution >= 0.6 is 0 Å². The number of benzene rings is 1. The number of allylic oxidation sites excluding steroid dienone is 1. The number of alkyl halides is 5. The van der Waals surface area contributed by atoms with E-state index in [1.807, 2.05) is 0 Å². The number of halogens is 8. The second kappa shape index (κ2) is 6.37. The van der Waals surface area contributed by atoms with E-state index < -0.39 is 40.9 Å². The molecular formula is C13H8F8O. The molecule has 0 saturated heterocycles. The van der Waals surface area contributed by atoms with Crippen molar-refractivity contribution in [2.24, 2.45) is 0 Å². The van der Waals surface area contributed by atoms with Crippen LogP contribution in [-0.4, -0.2) is 18.7 Å². The number of rotatable bonds is 5. The van der Waals surface area contributed by atoms with Crippen LogP contribution in [0.3, 0.4) is 0 Å². The lowest BCUT2D eigenvalue weighted by Crippen LogP contribution is -2.37. The third-order valence-corrected chi connectivity index (χ3v) is 2.36. The maximum absolute atomic E-state index is 13.7. The largest absolute Gasteiger partial charge is 0.489 e. The lowest BCUT2D eigenvalue weighted by molar-refractivity contribution is -0.270.